The largest absolute Gasteiger partial charge is 0.346 e. The van der Waals surface area contributed by atoms with Crippen LogP contribution >= 0.6 is 0 Å². The van der Waals surface area contributed by atoms with Gasteiger partial charge in [-0.05, 0) is 25.3 Å². The van der Waals surface area contributed by atoms with Gasteiger partial charge in [0.2, 0.25) is 5.91 Å². The molecule has 2 aliphatic rings. The van der Waals surface area contributed by atoms with Crippen molar-refractivity contribution in [2.45, 2.75) is 44.7 Å². The fourth-order valence-electron chi connectivity index (χ4n) is 3.61. The molecule has 1 atom stereocenters. The van der Waals surface area contributed by atoms with Gasteiger partial charge in [0, 0.05) is 6.42 Å². The van der Waals surface area contributed by atoms with E-state index < -0.39 is 31.0 Å². The normalized spacial score (nSPS) is 21.2. The van der Waals surface area contributed by atoms with Gasteiger partial charge in [0.05, 0.1) is 19.6 Å². The van der Waals surface area contributed by atoms with E-state index in [4.69, 9.17) is 0 Å². The van der Waals surface area contributed by atoms with Crippen molar-refractivity contribution in [2.24, 2.45) is 0 Å². The number of nitrogens with zero attached hydrogens (tertiary/aromatic N) is 4. The molecule has 1 aromatic carbocycles. The summed E-state index contributed by atoms with van der Waals surface area (Å²) in [5.41, 5.74) is 1.71. The number of benzene rings is 1. The fourth-order valence-corrected chi connectivity index (χ4v) is 3.61. The van der Waals surface area contributed by atoms with Crippen LogP contribution in [-0.4, -0.2) is 44.2 Å². The highest BCUT2D eigenvalue weighted by Crippen LogP contribution is 2.31. The summed E-state index contributed by atoms with van der Waals surface area (Å²) in [4.78, 5) is 26.5. The molecule has 138 valence electrons. The molecule has 1 unspecified atom stereocenters. The molecule has 1 fully saturated rings. The van der Waals surface area contributed by atoms with Crippen LogP contribution in [0.3, 0.4) is 0 Å². The maximum absolute atomic E-state index is 13.1. The number of alkyl halides is 2. The molecule has 0 spiro atoms. The molecule has 0 aliphatic carbocycles. The van der Waals surface area contributed by atoms with Crippen LogP contribution in [0.5, 0.6) is 0 Å². The van der Waals surface area contributed by atoms with E-state index in [2.05, 4.69) is 5.10 Å². The number of likely N-dealkylation sites (tertiary alicyclic amines) is 1. The monoisotopic (exact) mass is 362 g/mol. The summed E-state index contributed by atoms with van der Waals surface area (Å²) in [6.45, 7) is 1.18. The van der Waals surface area contributed by atoms with Gasteiger partial charge in [0.1, 0.15) is 11.9 Å². The standard InChI is InChI=1S/C18H20F2N4O2/c1-12-5-7-13(8-6-12)9-23-17(26)24-14(3-2-4-15(24)21-23)16(25)22-10-18(19,20)11-22/h5-8,14H,2-4,9-11H2,1H3. The number of aromatic nitrogens is 3. The lowest BCUT2D eigenvalue weighted by Gasteiger charge is -2.41. The predicted molar refractivity (Wildman–Crippen MR) is 90.3 cm³/mol. The Labute approximate surface area is 149 Å². The Bertz CT molecular complexity index is 893. The Morgan fingerprint density at radius 3 is 2.62 bits per heavy atom. The van der Waals surface area contributed by atoms with Crippen molar-refractivity contribution in [2.75, 3.05) is 13.1 Å². The zero-order chi connectivity index (χ0) is 18.5. The molecule has 0 saturated carbocycles. The van der Waals surface area contributed by atoms with Crippen molar-refractivity contribution in [3.8, 4) is 0 Å². The van der Waals surface area contributed by atoms with E-state index in [1.54, 1.807) is 0 Å². The maximum Gasteiger partial charge on any atom is 0.346 e. The maximum atomic E-state index is 13.1. The zero-order valence-corrected chi connectivity index (χ0v) is 14.5. The van der Waals surface area contributed by atoms with Gasteiger partial charge in [-0.2, -0.15) is 5.10 Å². The van der Waals surface area contributed by atoms with Gasteiger partial charge in [-0.25, -0.2) is 18.3 Å². The molecule has 6 nitrogen and oxygen atoms in total. The molecule has 8 heteroatoms. The van der Waals surface area contributed by atoms with Crippen LogP contribution in [0.1, 0.15) is 35.8 Å². The average Bonchev–Trinajstić information content (AvgIpc) is 2.90. The molecule has 0 bridgehead atoms. The van der Waals surface area contributed by atoms with Crippen molar-refractivity contribution in [1.82, 2.24) is 19.2 Å². The van der Waals surface area contributed by atoms with E-state index in [0.717, 1.165) is 16.0 Å². The summed E-state index contributed by atoms with van der Waals surface area (Å²) < 4.78 is 28.9. The third kappa shape index (κ3) is 2.93. The Kier molecular flexibility index (Phi) is 3.93. The Morgan fingerprint density at radius 2 is 1.96 bits per heavy atom. The third-order valence-electron chi connectivity index (χ3n) is 5.02. The minimum atomic E-state index is -2.81. The van der Waals surface area contributed by atoms with Crippen molar-refractivity contribution in [3.63, 3.8) is 0 Å². The second-order valence-corrected chi connectivity index (χ2v) is 7.17. The summed E-state index contributed by atoms with van der Waals surface area (Å²) >= 11 is 0. The molecule has 0 N–H and O–H groups in total. The number of halogens is 2. The lowest BCUT2D eigenvalue weighted by atomic mass is 10.0. The van der Waals surface area contributed by atoms with Gasteiger partial charge in [-0.15, -0.1) is 0 Å². The summed E-state index contributed by atoms with van der Waals surface area (Å²) in [6.07, 6.45) is 1.79. The van der Waals surface area contributed by atoms with Crippen LogP contribution in [0.15, 0.2) is 29.1 Å². The highest BCUT2D eigenvalue weighted by atomic mass is 19.3. The first-order valence-corrected chi connectivity index (χ1v) is 8.74. The average molecular weight is 362 g/mol. The molecule has 3 heterocycles. The summed E-state index contributed by atoms with van der Waals surface area (Å²) in [5, 5.41) is 4.38. The van der Waals surface area contributed by atoms with E-state index >= 15 is 0 Å². The van der Waals surface area contributed by atoms with Crippen molar-refractivity contribution < 1.29 is 13.6 Å². The molecular formula is C18H20F2N4O2. The predicted octanol–water partition coefficient (Wildman–Crippen LogP) is 1.76. The van der Waals surface area contributed by atoms with Crippen molar-refractivity contribution in [3.05, 3.63) is 51.7 Å². The zero-order valence-electron chi connectivity index (χ0n) is 14.5. The van der Waals surface area contributed by atoms with Crippen LogP contribution in [-0.2, 0) is 17.8 Å². The molecule has 1 amide bonds. The summed E-state index contributed by atoms with van der Waals surface area (Å²) in [6, 6.07) is 7.07. The van der Waals surface area contributed by atoms with Gasteiger partial charge in [-0.3, -0.25) is 9.36 Å². The molecule has 26 heavy (non-hydrogen) atoms. The first kappa shape index (κ1) is 16.9. The number of amides is 1. The SMILES string of the molecule is Cc1ccc(Cn2nc3n(c2=O)C(C(=O)N2CC(F)(F)C2)CCC3)cc1. The molecule has 1 saturated heterocycles. The smallest absolute Gasteiger partial charge is 0.329 e. The Balaban J connectivity index is 1.60. The first-order chi connectivity index (χ1) is 12.3. The Hall–Kier alpha value is -2.51. The summed E-state index contributed by atoms with van der Waals surface area (Å²) in [7, 11) is 0. The minimum absolute atomic E-state index is 0.321. The van der Waals surface area contributed by atoms with Crippen LogP contribution < -0.4 is 5.69 Å². The summed E-state index contributed by atoms with van der Waals surface area (Å²) in [5.74, 6) is -2.67. The first-order valence-electron chi connectivity index (χ1n) is 8.74. The molecule has 1 aromatic heterocycles. The van der Waals surface area contributed by atoms with Gasteiger partial charge in [0.25, 0.3) is 5.92 Å². The molecule has 0 radical (unpaired) electrons. The lowest BCUT2D eigenvalue weighted by molar-refractivity contribution is -0.169. The number of carbonyl (C=O) groups excluding carboxylic acids is 1. The number of hydrogen-bond donors (Lipinski definition) is 0. The Morgan fingerprint density at radius 1 is 1.27 bits per heavy atom. The van der Waals surface area contributed by atoms with E-state index in [0.29, 0.717) is 31.6 Å². The van der Waals surface area contributed by atoms with Gasteiger partial charge < -0.3 is 4.90 Å². The van der Waals surface area contributed by atoms with Crippen molar-refractivity contribution >= 4 is 5.91 Å². The minimum Gasteiger partial charge on any atom is -0.329 e. The number of fused-ring (bicyclic) bond motifs is 1. The number of hydrogen-bond acceptors (Lipinski definition) is 3. The van der Waals surface area contributed by atoms with Crippen LogP contribution in [0.25, 0.3) is 0 Å². The fraction of sp³-hybridized carbons (Fsp3) is 0.500. The van der Waals surface area contributed by atoms with Crippen LogP contribution in [0.4, 0.5) is 8.78 Å². The molecule has 2 aliphatic heterocycles. The van der Waals surface area contributed by atoms with Gasteiger partial charge >= 0.3 is 5.69 Å². The molecular weight excluding hydrogens is 342 g/mol. The lowest BCUT2D eigenvalue weighted by Crippen LogP contribution is -2.60. The number of rotatable bonds is 3. The second kappa shape index (κ2) is 6.03. The van der Waals surface area contributed by atoms with Gasteiger partial charge in [-0.1, -0.05) is 29.8 Å². The van der Waals surface area contributed by atoms with Crippen LogP contribution in [0, 0.1) is 6.92 Å². The van der Waals surface area contributed by atoms with E-state index in [9.17, 15) is 18.4 Å². The topological polar surface area (TPSA) is 60.1 Å². The quantitative estimate of drug-likeness (QED) is 0.836. The van der Waals surface area contributed by atoms with E-state index in [1.165, 1.54) is 9.25 Å². The van der Waals surface area contributed by atoms with Crippen LogP contribution in [0.2, 0.25) is 0 Å². The highest BCUT2D eigenvalue weighted by Gasteiger charge is 2.48. The molecule has 4 rings (SSSR count). The third-order valence-corrected chi connectivity index (χ3v) is 5.02. The van der Waals surface area contributed by atoms with E-state index in [-0.39, 0.29) is 5.69 Å². The number of aryl methyl sites for hydroxylation is 2. The van der Waals surface area contributed by atoms with Crippen molar-refractivity contribution in [1.29, 1.82) is 0 Å². The second-order valence-electron chi connectivity index (χ2n) is 7.17. The number of carbonyl (C=O) groups is 1. The molecule has 2 aromatic rings. The highest BCUT2D eigenvalue weighted by molar-refractivity contribution is 5.81. The van der Waals surface area contributed by atoms with E-state index in [1.807, 2.05) is 31.2 Å². The van der Waals surface area contributed by atoms with Gasteiger partial charge in [0.15, 0.2) is 0 Å².